The first-order valence-corrected chi connectivity index (χ1v) is 7.38. The van der Waals surface area contributed by atoms with Crippen LogP contribution < -0.4 is 9.46 Å². The lowest BCUT2D eigenvalue weighted by Gasteiger charge is -2.11. The molecule has 6 heteroatoms. The molecular weight excluding hydrogens is 254 g/mol. The van der Waals surface area contributed by atoms with Crippen molar-refractivity contribution in [3.8, 4) is 5.75 Å². The molecule has 0 bridgehead atoms. The third-order valence-corrected chi connectivity index (χ3v) is 4.24. The molecule has 0 amide bonds. The van der Waals surface area contributed by atoms with Crippen molar-refractivity contribution >= 4 is 10.0 Å². The molecule has 0 saturated carbocycles. The molecule has 0 radical (unpaired) electrons. The minimum atomic E-state index is -3.41. The summed E-state index contributed by atoms with van der Waals surface area (Å²) in [6.45, 7) is 1.83. The van der Waals surface area contributed by atoms with Crippen LogP contribution in [0.2, 0.25) is 0 Å². The van der Waals surface area contributed by atoms with Gasteiger partial charge < -0.3 is 9.84 Å². The van der Waals surface area contributed by atoms with Gasteiger partial charge in [-0.1, -0.05) is 18.2 Å². The first-order chi connectivity index (χ1) is 8.56. The SMILES string of the molecule is CC(CO)S(=O)(=O)NCCCOc1ccccc1. The monoisotopic (exact) mass is 273 g/mol. The van der Waals surface area contributed by atoms with Gasteiger partial charge in [0.05, 0.1) is 18.5 Å². The summed E-state index contributed by atoms with van der Waals surface area (Å²) in [5.74, 6) is 0.768. The zero-order valence-electron chi connectivity index (χ0n) is 10.4. The molecule has 0 spiro atoms. The average Bonchev–Trinajstić information content (AvgIpc) is 2.38. The predicted octanol–water partition coefficient (Wildman–Crippen LogP) is 0.756. The van der Waals surface area contributed by atoms with E-state index in [-0.39, 0.29) is 6.61 Å². The van der Waals surface area contributed by atoms with Gasteiger partial charge in [-0.2, -0.15) is 0 Å². The van der Waals surface area contributed by atoms with Crippen molar-refractivity contribution in [3.63, 3.8) is 0 Å². The maximum atomic E-state index is 11.5. The maximum Gasteiger partial charge on any atom is 0.216 e. The molecule has 0 saturated heterocycles. The number of aliphatic hydroxyl groups is 1. The second-order valence-electron chi connectivity index (χ2n) is 3.95. The lowest BCUT2D eigenvalue weighted by Crippen LogP contribution is -2.35. The number of benzene rings is 1. The summed E-state index contributed by atoms with van der Waals surface area (Å²) >= 11 is 0. The molecule has 1 aromatic rings. The van der Waals surface area contributed by atoms with Gasteiger partial charge in [0, 0.05) is 6.54 Å². The van der Waals surface area contributed by atoms with Gasteiger partial charge in [0.25, 0.3) is 0 Å². The van der Waals surface area contributed by atoms with Crippen molar-refractivity contribution < 1.29 is 18.3 Å². The van der Waals surface area contributed by atoms with E-state index in [1.54, 1.807) is 0 Å². The molecular formula is C12H19NO4S. The quantitative estimate of drug-likeness (QED) is 0.686. The van der Waals surface area contributed by atoms with Crippen molar-refractivity contribution in [2.45, 2.75) is 18.6 Å². The van der Waals surface area contributed by atoms with E-state index in [0.29, 0.717) is 19.6 Å². The predicted molar refractivity (Wildman–Crippen MR) is 70.0 cm³/mol. The normalized spacial score (nSPS) is 13.2. The van der Waals surface area contributed by atoms with Crippen LogP contribution in [-0.2, 0) is 10.0 Å². The van der Waals surface area contributed by atoms with Crippen LogP contribution in [0.1, 0.15) is 13.3 Å². The van der Waals surface area contributed by atoms with E-state index in [2.05, 4.69) is 4.72 Å². The van der Waals surface area contributed by atoms with Crippen molar-refractivity contribution in [1.82, 2.24) is 4.72 Å². The maximum absolute atomic E-state index is 11.5. The van der Waals surface area contributed by atoms with Gasteiger partial charge in [-0.3, -0.25) is 0 Å². The van der Waals surface area contributed by atoms with Crippen molar-refractivity contribution in [1.29, 1.82) is 0 Å². The summed E-state index contributed by atoms with van der Waals surface area (Å²) in [5, 5.41) is 7.99. The Bertz CT molecular complexity index is 433. The number of para-hydroxylation sites is 1. The van der Waals surface area contributed by atoms with E-state index < -0.39 is 15.3 Å². The van der Waals surface area contributed by atoms with Gasteiger partial charge in [0.1, 0.15) is 5.75 Å². The Labute approximate surface area is 108 Å². The molecule has 1 unspecified atom stereocenters. The van der Waals surface area contributed by atoms with E-state index >= 15 is 0 Å². The number of hydrogen-bond donors (Lipinski definition) is 2. The Morgan fingerprint density at radius 3 is 2.61 bits per heavy atom. The van der Waals surface area contributed by atoms with Crippen LogP contribution in [0.4, 0.5) is 0 Å². The number of aliphatic hydroxyl groups excluding tert-OH is 1. The molecule has 5 nitrogen and oxygen atoms in total. The summed E-state index contributed by atoms with van der Waals surface area (Å²) in [6, 6.07) is 9.34. The summed E-state index contributed by atoms with van der Waals surface area (Å²) in [6.07, 6.45) is 0.576. The fourth-order valence-corrected chi connectivity index (χ4v) is 2.14. The fraction of sp³-hybridized carbons (Fsp3) is 0.500. The summed E-state index contributed by atoms with van der Waals surface area (Å²) < 4.78 is 30.8. The highest BCUT2D eigenvalue weighted by atomic mass is 32.2. The number of ether oxygens (including phenoxy) is 1. The van der Waals surface area contributed by atoms with Gasteiger partial charge in [0.2, 0.25) is 10.0 Å². The molecule has 0 aliphatic rings. The zero-order chi connectivity index (χ0) is 13.4. The van der Waals surface area contributed by atoms with Gasteiger partial charge in [0.15, 0.2) is 0 Å². The van der Waals surface area contributed by atoms with E-state index in [0.717, 1.165) is 5.75 Å². The molecule has 2 N–H and O–H groups in total. The molecule has 18 heavy (non-hydrogen) atoms. The Hall–Kier alpha value is -1.11. The Kier molecular flexibility index (Phi) is 6.11. The Morgan fingerprint density at radius 2 is 2.00 bits per heavy atom. The van der Waals surface area contributed by atoms with Gasteiger partial charge in [-0.05, 0) is 25.5 Å². The highest BCUT2D eigenvalue weighted by Crippen LogP contribution is 2.08. The lowest BCUT2D eigenvalue weighted by atomic mass is 10.3. The van der Waals surface area contributed by atoms with Crippen LogP contribution in [0, 0.1) is 0 Å². The third-order valence-electron chi connectivity index (χ3n) is 2.42. The van der Waals surface area contributed by atoms with Crippen molar-refractivity contribution in [2.24, 2.45) is 0 Å². The second-order valence-corrected chi connectivity index (χ2v) is 6.13. The first kappa shape index (κ1) is 14.9. The first-order valence-electron chi connectivity index (χ1n) is 5.83. The minimum absolute atomic E-state index is 0.305. The van der Waals surface area contributed by atoms with Crippen LogP contribution in [0.15, 0.2) is 30.3 Å². The summed E-state index contributed by atoms with van der Waals surface area (Å²) in [5.41, 5.74) is 0. The Balaban J connectivity index is 2.20. The van der Waals surface area contributed by atoms with Crippen molar-refractivity contribution in [2.75, 3.05) is 19.8 Å². The fourth-order valence-electron chi connectivity index (χ4n) is 1.23. The molecule has 102 valence electrons. The van der Waals surface area contributed by atoms with Crippen LogP contribution >= 0.6 is 0 Å². The van der Waals surface area contributed by atoms with E-state index in [1.165, 1.54) is 6.92 Å². The van der Waals surface area contributed by atoms with E-state index in [9.17, 15) is 8.42 Å². The largest absolute Gasteiger partial charge is 0.494 e. The van der Waals surface area contributed by atoms with Crippen molar-refractivity contribution in [3.05, 3.63) is 30.3 Å². The second kappa shape index (κ2) is 7.35. The topological polar surface area (TPSA) is 75.6 Å². The van der Waals surface area contributed by atoms with Crippen LogP contribution in [0.25, 0.3) is 0 Å². The number of sulfonamides is 1. The standard InChI is InChI=1S/C12H19NO4S/c1-11(10-14)18(15,16)13-8-5-9-17-12-6-3-2-4-7-12/h2-4,6-7,11,13-14H,5,8-10H2,1H3. The minimum Gasteiger partial charge on any atom is -0.494 e. The van der Waals surface area contributed by atoms with Crippen LogP contribution in [0.3, 0.4) is 0 Å². The highest BCUT2D eigenvalue weighted by Gasteiger charge is 2.18. The van der Waals surface area contributed by atoms with Gasteiger partial charge in [-0.15, -0.1) is 0 Å². The average molecular weight is 273 g/mol. The third kappa shape index (κ3) is 5.03. The van der Waals surface area contributed by atoms with Gasteiger partial charge in [-0.25, -0.2) is 13.1 Å². The van der Waals surface area contributed by atoms with Crippen LogP contribution in [0.5, 0.6) is 5.75 Å². The molecule has 1 aromatic carbocycles. The van der Waals surface area contributed by atoms with Gasteiger partial charge >= 0.3 is 0 Å². The molecule has 0 heterocycles. The molecule has 0 fully saturated rings. The number of rotatable bonds is 8. The molecule has 0 aliphatic carbocycles. The lowest BCUT2D eigenvalue weighted by molar-refractivity contribution is 0.294. The molecule has 0 aromatic heterocycles. The Morgan fingerprint density at radius 1 is 1.33 bits per heavy atom. The summed E-state index contributed by atoms with van der Waals surface area (Å²) in [7, 11) is -3.41. The highest BCUT2D eigenvalue weighted by molar-refractivity contribution is 7.90. The molecule has 0 aliphatic heterocycles. The van der Waals surface area contributed by atoms with Crippen LogP contribution in [-0.4, -0.2) is 38.5 Å². The molecule has 1 rings (SSSR count). The zero-order valence-corrected chi connectivity index (χ0v) is 11.2. The number of hydrogen-bond acceptors (Lipinski definition) is 4. The van der Waals surface area contributed by atoms with E-state index in [1.807, 2.05) is 30.3 Å². The number of nitrogens with one attached hydrogen (secondary N) is 1. The van der Waals surface area contributed by atoms with E-state index in [4.69, 9.17) is 9.84 Å². The molecule has 1 atom stereocenters. The summed E-state index contributed by atoms with van der Waals surface area (Å²) in [4.78, 5) is 0. The smallest absolute Gasteiger partial charge is 0.216 e.